The van der Waals surface area contributed by atoms with Crippen LogP contribution in [0.5, 0.6) is 0 Å². The molecule has 1 aromatic carbocycles. The molecule has 1 unspecified atom stereocenters. The van der Waals surface area contributed by atoms with Gasteiger partial charge in [-0.2, -0.15) is 0 Å². The van der Waals surface area contributed by atoms with Crippen LogP contribution in [-0.4, -0.2) is 11.7 Å². The molecule has 0 spiro atoms. The van der Waals surface area contributed by atoms with Crippen LogP contribution in [0.3, 0.4) is 0 Å². The summed E-state index contributed by atoms with van der Waals surface area (Å²) >= 11 is 1.71. The minimum atomic E-state index is -0.208. The molecule has 0 radical (unpaired) electrons. The average molecular weight is 250 g/mol. The Balaban J connectivity index is 2.23. The Hall–Kier alpha value is -1.19. The van der Waals surface area contributed by atoms with E-state index in [1.807, 2.05) is 23.6 Å². The van der Waals surface area contributed by atoms with Crippen LogP contribution < -0.4 is 0 Å². The molecule has 3 heteroatoms. The van der Waals surface area contributed by atoms with Gasteiger partial charge in [-0.25, -0.2) is 4.39 Å². The average Bonchev–Trinajstić information content (AvgIpc) is 2.85. The molecule has 1 nitrogen and oxygen atoms in total. The molecule has 0 amide bonds. The summed E-state index contributed by atoms with van der Waals surface area (Å²) in [6.07, 6.45) is 1.66. The van der Waals surface area contributed by atoms with Gasteiger partial charge in [0.05, 0.1) is 0 Å². The van der Waals surface area contributed by atoms with Crippen molar-refractivity contribution in [2.75, 3.05) is 6.61 Å². The molecule has 2 aromatic rings. The largest absolute Gasteiger partial charge is 0.396 e. The van der Waals surface area contributed by atoms with Crippen molar-refractivity contribution in [3.8, 4) is 0 Å². The third-order valence-corrected chi connectivity index (χ3v) is 3.80. The number of aliphatic hydroxyl groups excluding tert-OH is 1. The first kappa shape index (κ1) is 12.3. The van der Waals surface area contributed by atoms with Gasteiger partial charge < -0.3 is 5.11 Å². The summed E-state index contributed by atoms with van der Waals surface area (Å²) < 4.78 is 12.9. The summed E-state index contributed by atoms with van der Waals surface area (Å²) in [6.45, 7) is 0.197. The molecular weight excluding hydrogens is 235 g/mol. The van der Waals surface area contributed by atoms with E-state index in [0.717, 1.165) is 18.4 Å². The zero-order valence-corrected chi connectivity index (χ0v) is 10.3. The molecule has 90 valence electrons. The van der Waals surface area contributed by atoms with Crippen LogP contribution in [0.15, 0.2) is 41.8 Å². The van der Waals surface area contributed by atoms with Crippen molar-refractivity contribution in [1.82, 2.24) is 0 Å². The van der Waals surface area contributed by atoms with Crippen LogP contribution in [0.2, 0.25) is 0 Å². The maximum absolute atomic E-state index is 12.9. The van der Waals surface area contributed by atoms with Gasteiger partial charge in [0.1, 0.15) is 5.82 Å². The highest BCUT2D eigenvalue weighted by Crippen LogP contribution is 2.32. The van der Waals surface area contributed by atoms with E-state index in [2.05, 4.69) is 6.07 Å². The van der Waals surface area contributed by atoms with Gasteiger partial charge in [-0.15, -0.1) is 11.3 Å². The monoisotopic (exact) mass is 250 g/mol. The van der Waals surface area contributed by atoms with Crippen LogP contribution >= 0.6 is 11.3 Å². The number of rotatable bonds is 5. The molecule has 2 rings (SSSR count). The van der Waals surface area contributed by atoms with E-state index in [9.17, 15) is 4.39 Å². The lowest BCUT2D eigenvalue weighted by Gasteiger charge is -2.15. The van der Waals surface area contributed by atoms with Crippen molar-refractivity contribution >= 4 is 11.3 Å². The number of thiophene rings is 1. The fraction of sp³-hybridized carbons (Fsp3) is 0.286. The van der Waals surface area contributed by atoms with Crippen LogP contribution in [0.4, 0.5) is 4.39 Å². The molecule has 0 saturated heterocycles. The first-order valence-corrected chi connectivity index (χ1v) is 6.59. The van der Waals surface area contributed by atoms with Gasteiger partial charge in [0.25, 0.3) is 0 Å². The van der Waals surface area contributed by atoms with Gasteiger partial charge in [0.15, 0.2) is 0 Å². The van der Waals surface area contributed by atoms with Gasteiger partial charge in [0.2, 0.25) is 0 Å². The summed E-state index contributed by atoms with van der Waals surface area (Å²) in [4.78, 5) is 1.27. The van der Waals surface area contributed by atoms with Gasteiger partial charge in [-0.1, -0.05) is 18.2 Å². The number of hydrogen-bond donors (Lipinski definition) is 1. The SMILES string of the molecule is OCCCC(c1ccc(F)cc1)c1cccs1. The van der Waals surface area contributed by atoms with Crippen LogP contribution in [0, 0.1) is 5.82 Å². The molecule has 1 heterocycles. The van der Waals surface area contributed by atoms with Gasteiger partial charge in [-0.3, -0.25) is 0 Å². The Morgan fingerprint density at radius 1 is 1.18 bits per heavy atom. The molecule has 0 saturated carbocycles. The Bertz CT molecular complexity index is 436. The fourth-order valence-corrected chi connectivity index (χ4v) is 2.84. The molecular formula is C14H15FOS. The van der Waals surface area contributed by atoms with Gasteiger partial charge in [0, 0.05) is 17.4 Å². The third kappa shape index (κ3) is 3.14. The van der Waals surface area contributed by atoms with Crippen molar-refractivity contribution < 1.29 is 9.50 Å². The van der Waals surface area contributed by atoms with Gasteiger partial charge >= 0.3 is 0 Å². The Morgan fingerprint density at radius 2 is 1.94 bits per heavy atom. The normalized spacial score (nSPS) is 12.6. The minimum Gasteiger partial charge on any atom is -0.396 e. The summed E-state index contributed by atoms with van der Waals surface area (Å²) in [7, 11) is 0. The molecule has 0 fully saturated rings. The lowest BCUT2D eigenvalue weighted by Crippen LogP contribution is -2.00. The van der Waals surface area contributed by atoms with Crippen LogP contribution in [-0.2, 0) is 0 Å². The van der Waals surface area contributed by atoms with Crippen molar-refractivity contribution in [1.29, 1.82) is 0 Å². The number of benzene rings is 1. The second kappa shape index (κ2) is 5.94. The zero-order valence-electron chi connectivity index (χ0n) is 9.47. The van der Waals surface area contributed by atoms with Crippen molar-refractivity contribution in [2.45, 2.75) is 18.8 Å². The molecule has 17 heavy (non-hydrogen) atoms. The van der Waals surface area contributed by atoms with E-state index < -0.39 is 0 Å². The lowest BCUT2D eigenvalue weighted by atomic mass is 9.93. The second-order valence-electron chi connectivity index (χ2n) is 3.99. The van der Waals surface area contributed by atoms with E-state index in [1.54, 1.807) is 11.3 Å². The molecule has 1 N–H and O–H groups in total. The quantitative estimate of drug-likeness (QED) is 0.856. The van der Waals surface area contributed by atoms with Gasteiger partial charge in [-0.05, 0) is 42.0 Å². The summed E-state index contributed by atoms with van der Waals surface area (Å²) in [5.41, 5.74) is 1.11. The van der Waals surface area contributed by atoms with E-state index in [-0.39, 0.29) is 18.3 Å². The van der Waals surface area contributed by atoms with E-state index >= 15 is 0 Å². The van der Waals surface area contributed by atoms with Crippen molar-refractivity contribution in [3.05, 3.63) is 58.0 Å². The topological polar surface area (TPSA) is 20.2 Å². The predicted octanol–water partition coefficient (Wildman–Crippen LogP) is 3.79. The van der Waals surface area contributed by atoms with Crippen LogP contribution in [0.25, 0.3) is 0 Å². The molecule has 1 atom stereocenters. The summed E-state index contributed by atoms with van der Waals surface area (Å²) in [5, 5.41) is 11.0. The van der Waals surface area contributed by atoms with E-state index in [0.29, 0.717) is 0 Å². The highest BCUT2D eigenvalue weighted by Gasteiger charge is 2.14. The predicted molar refractivity (Wildman–Crippen MR) is 68.9 cm³/mol. The Labute approximate surface area is 105 Å². The Kier molecular flexibility index (Phi) is 4.29. The minimum absolute atomic E-state index is 0.197. The molecule has 0 bridgehead atoms. The number of hydrogen-bond acceptors (Lipinski definition) is 2. The highest BCUT2D eigenvalue weighted by molar-refractivity contribution is 7.10. The zero-order chi connectivity index (χ0) is 12.1. The Morgan fingerprint density at radius 3 is 2.53 bits per heavy atom. The van der Waals surface area contributed by atoms with Crippen molar-refractivity contribution in [2.24, 2.45) is 0 Å². The first-order valence-electron chi connectivity index (χ1n) is 5.71. The number of aliphatic hydroxyl groups is 1. The maximum atomic E-state index is 12.9. The first-order chi connectivity index (χ1) is 8.31. The van der Waals surface area contributed by atoms with Crippen molar-refractivity contribution in [3.63, 3.8) is 0 Å². The number of halogens is 1. The molecule has 0 aliphatic rings. The smallest absolute Gasteiger partial charge is 0.123 e. The fourth-order valence-electron chi connectivity index (χ4n) is 1.95. The summed E-state index contributed by atoms with van der Waals surface area (Å²) in [6, 6.07) is 10.8. The standard InChI is InChI=1S/C14H15FOS/c15-12-7-5-11(6-8-12)13(3-1-9-16)14-4-2-10-17-14/h2,4-8,10,13,16H,1,3,9H2. The molecule has 1 aromatic heterocycles. The second-order valence-corrected chi connectivity index (χ2v) is 4.96. The molecule has 0 aliphatic heterocycles. The third-order valence-electron chi connectivity index (χ3n) is 2.81. The van der Waals surface area contributed by atoms with Crippen LogP contribution in [0.1, 0.15) is 29.2 Å². The van der Waals surface area contributed by atoms with E-state index in [4.69, 9.17) is 5.11 Å². The maximum Gasteiger partial charge on any atom is 0.123 e. The molecule has 0 aliphatic carbocycles. The lowest BCUT2D eigenvalue weighted by molar-refractivity contribution is 0.282. The van der Waals surface area contributed by atoms with E-state index in [1.165, 1.54) is 17.0 Å². The highest BCUT2D eigenvalue weighted by atomic mass is 32.1. The summed E-state index contributed by atoms with van der Waals surface area (Å²) in [5.74, 6) is 0.0589.